The second-order valence-corrected chi connectivity index (χ2v) is 5.45. The first kappa shape index (κ1) is 14.7. The van der Waals surface area contributed by atoms with E-state index in [0.717, 1.165) is 0 Å². The number of benzene rings is 1. The number of hydrogen-bond donors (Lipinski definition) is 1. The smallest absolute Gasteiger partial charge is 0.307 e. The third kappa shape index (κ3) is 3.87. The average Bonchev–Trinajstić information content (AvgIpc) is 2.48. The van der Waals surface area contributed by atoms with Crippen LogP contribution in [0.15, 0.2) is 41.4 Å². The van der Waals surface area contributed by atoms with Crippen LogP contribution in [0.3, 0.4) is 0 Å². The van der Waals surface area contributed by atoms with Gasteiger partial charge in [-0.3, -0.25) is 9.59 Å². The molecule has 0 saturated heterocycles. The lowest BCUT2D eigenvalue weighted by Crippen LogP contribution is -2.34. The second kappa shape index (κ2) is 7.14. The third-order valence-corrected chi connectivity index (χ3v) is 4.05. The molecule has 5 heteroatoms. The fourth-order valence-corrected chi connectivity index (χ4v) is 2.87. The minimum atomic E-state index is -0.211. The molecule has 1 aliphatic rings. The highest BCUT2D eigenvalue weighted by Gasteiger charge is 2.22. The fourth-order valence-electron chi connectivity index (χ4n) is 1.88. The van der Waals surface area contributed by atoms with Gasteiger partial charge in [-0.15, -0.1) is 11.8 Å². The molecule has 1 aromatic rings. The van der Waals surface area contributed by atoms with Crippen LogP contribution >= 0.6 is 11.8 Å². The Balaban J connectivity index is 1.92. The number of ether oxygens (including phenoxy) is 1. The molecule has 0 saturated carbocycles. The molecule has 0 amide bonds. The van der Waals surface area contributed by atoms with Gasteiger partial charge in [0.2, 0.25) is 5.78 Å². The zero-order chi connectivity index (χ0) is 14.4. The van der Waals surface area contributed by atoms with E-state index in [1.165, 1.54) is 11.8 Å². The van der Waals surface area contributed by atoms with E-state index in [4.69, 9.17) is 4.74 Å². The number of hydrogen-bond acceptors (Lipinski definition) is 5. The van der Waals surface area contributed by atoms with Crippen LogP contribution in [0.25, 0.3) is 0 Å². The van der Waals surface area contributed by atoms with E-state index >= 15 is 0 Å². The molecular formula is C15H17NO3S. The van der Waals surface area contributed by atoms with Gasteiger partial charge in [0.15, 0.2) is 0 Å². The SMILES string of the molecule is CCOC(=O)CC1CSC(C(=O)c2ccccc2)=CN1. The molecule has 0 bridgehead atoms. The lowest BCUT2D eigenvalue weighted by Gasteiger charge is -2.22. The number of allylic oxidation sites excluding steroid dienone is 1. The van der Waals surface area contributed by atoms with Gasteiger partial charge in [-0.05, 0) is 6.92 Å². The van der Waals surface area contributed by atoms with Gasteiger partial charge in [-0.1, -0.05) is 30.3 Å². The minimum Gasteiger partial charge on any atom is -0.466 e. The van der Waals surface area contributed by atoms with E-state index in [9.17, 15) is 9.59 Å². The van der Waals surface area contributed by atoms with Gasteiger partial charge >= 0.3 is 5.97 Å². The first-order valence-electron chi connectivity index (χ1n) is 6.55. The maximum Gasteiger partial charge on any atom is 0.307 e. The van der Waals surface area contributed by atoms with Crippen molar-refractivity contribution >= 4 is 23.5 Å². The molecule has 1 aromatic carbocycles. The molecule has 0 fully saturated rings. The van der Waals surface area contributed by atoms with Crippen molar-refractivity contribution in [3.05, 3.63) is 47.0 Å². The number of esters is 1. The Kier molecular flexibility index (Phi) is 5.24. The van der Waals surface area contributed by atoms with Crippen LogP contribution in [0.1, 0.15) is 23.7 Å². The van der Waals surface area contributed by atoms with Crippen molar-refractivity contribution in [2.75, 3.05) is 12.4 Å². The van der Waals surface area contributed by atoms with E-state index in [2.05, 4.69) is 5.32 Å². The van der Waals surface area contributed by atoms with Gasteiger partial charge in [-0.2, -0.15) is 0 Å². The number of carbonyl (C=O) groups excluding carboxylic acids is 2. The van der Waals surface area contributed by atoms with Crippen LogP contribution in [0.4, 0.5) is 0 Å². The van der Waals surface area contributed by atoms with Crippen LogP contribution in [0.5, 0.6) is 0 Å². The summed E-state index contributed by atoms with van der Waals surface area (Å²) in [5.74, 6) is 0.484. The van der Waals surface area contributed by atoms with Crippen LogP contribution < -0.4 is 5.32 Å². The molecule has 1 unspecified atom stereocenters. The summed E-state index contributed by atoms with van der Waals surface area (Å²) in [4.78, 5) is 24.3. The summed E-state index contributed by atoms with van der Waals surface area (Å²) in [6, 6.07) is 9.19. The molecule has 20 heavy (non-hydrogen) atoms. The highest BCUT2D eigenvalue weighted by molar-refractivity contribution is 8.04. The molecule has 1 N–H and O–H groups in total. The number of carbonyl (C=O) groups is 2. The second-order valence-electron chi connectivity index (χ2n) is 4.39. The van der Waals surface area contributed by atoms with E-state index in [1.807, 2.05) is 18.2 Å². The van der Waals surface area contributed by atoms with Crippen molar-refractivity contribution in [3.8, 4) is 0 Å². The highest BCUT2D eigenvalue weighted by atomic mass is 32.2. The van der Waals surface area contributed by atoms with Gasteiger partial charge in [0.05, 0.1) is 17.9 Å². The van der Waals surface area contributed by atoms with Crippen molar-refractivity contribution in [2.24, 2.45) is 0 Å². The molecule has 1 aliphatic heterocycles. The maximum atomic E-state index is 12.2. The maximum absolute atomic E-state index is 12.2. The monoisotopic (exact) mass is 291 g/mol. The fraction of sp³-hybridized carbons (Fsp3) is 0.333. The molecule has 2 rings (SSSR count). The summed E-state index contributed by atoms with van der Waals surface area (Å²) in [6.07, 6.45) is 2.03. The summed E-state index contributed by atoms with van der Waals surface area (Å²) in [6.45, 7) is 2.18. The Morgan fingerprint density at radius 1 is 1.35 bits per heavy atom. The number of rotatable bonds is 5. The zero-order valence-corrected chi connectivity index (χ0v) is 12.1. The number of Topliss-reactive ketones (excluding diaryl/α,β-unsaturated/α-hetero) is 1. The van der Waals surface area contributed by atoms with Crippen molar-refractivity contribution in [1.82, 2.24) is 5.32 Å². The summed E-state index contributed by atoms with van der Waals surface area (Å²) >= 11 is 1.48. The molecule has 106 valence electrons. The van der Waals surface area contributed by atoms with Gasteiger partial charge in [-0.25, -0.2) is 0 Å². The molecule has 4 nitrogen and oxygen atoms in total. The first-order valence-corrected chi connectivity index (χ1v) is 7.53. The van der Waals surface area contributed by atoms with Crippen LogP contribution in [-0.4, -0.2) is 30.2 Å². The van der Waals surface area contributed by atoms with E-state index in [-0.39, 0.29) is 17.8 Å². The summed E-state index contributed by atoms with van der Waals surface area (Å²) < 4.78 is 4.91. The molecule has 0 spiro atoms. The number of ketones is 1. The lowest BCUT2D eigenvalue weighted by molar-refractivity contribution is -0.143. The summed E-state index contributed by atoms with van der Waals surface area (Å²) in [5.41, 5.74) is 0.678. The summed E-state index contributed by atoms with van der Waals surface area (Å²) in [7, 11) is 0. The highest BCUT2D eigenvalue weighted by Crippen LogP contribution is 2.25. The average molecular weight is 291 g/mol. The van der Waals surface area contributed by atoms with E-state index in [1.54, 1.807) is 25.3 Å². The van der Waals surface area contributed by atoms with Crippen LogP contribution in [-0.2, 0) is 9.53 Å². The van der Waals surface area contributed by atoms with Crippen LogP contribution in [0.2, 0.25) is 0 Å². The topological polar surface area (TPSA) is 55.4 Å². The first-order chi connectivity index (χ1) is 9.70. The molecular weight excluding hydrogens is 274 g/mol. The Hall–Kier alpha value is -1.75. The van der Waals surface area contributed by atoms with E-state index in [0.29, 0.717) is 29.2 Å². The van der Waals surface area contributed by atoms with Crippen molar-refractivity contribution in [3.63, 3.8) is 0 Å². The standard InChI is InChI=1S/C15H17NO3S/c1-2-19-14(17)8-12-10-20-13(9-16-12)15(18)11-6-4-3-5-7-11/h3-7,9,12,16H,2,8,10H2,1H3. The predicted molar refractivity (Wildman–Crippen MR) is 79.5 cm³/mol. The molecule has 0 aliphatic carbocycles. The van der Waals surface area contributed by atoms with Crippen molar-refractivity contribution < 1.29 is 14.3 Å². The van der Waals surface area contributed by atoms with Gasteiger partial charge in [0.25, 0.3) is 0 Å². The number of thioether (sulfide) groups is 1. The molecule has 1 heterocycles. The molecule has 1 atom stereocenters. The lowest BCUT2D eigenvalue weighted by atomic mass is 10.1. The van der Waals surface area contributed by atoms with E-state index < -0.39 is 0 Å². The summed E-state index contributed by atoms with van der Waals surface area (Å²) in [5, 5.41) is 3.10. The molecule has 0 aromatic heterocycles. The van der Waals surface area contributed by atoms with Gasteiger partial charge in [0, 0.05) is 23.6 Å². The van der Waals surface area contributed by atoms with Crippen molar-refractivity contribution in [2.45, 2.75) is 19.4 Å². The molecule has 0 radical (unpaired) electrons. The zero-order valence-electron chi connectivity index (χ0n) is 11.3. The Bertz CT molecular complexity index is 513. The van der Waals surface area contributed by atoms with Crippen molar-refractivity contribution in [1.29, 1.82) is 0 Å². The predicted octanol–water partition coefficient (Wildman–Crippen LogP) is 2.37. The Labute approximate surface area is 122 Å². The largest absolute Gasteiger partial charge is 0.466 e. The quantitative estimate of drug-likeness (QED) is 0.667. The van der Waals surface area contributed by atoms with Gasteiger partial charge in [0.1, 0.15) is 0 Å². The normalized spacial score (nSPS) is 17.9. The Morgan fingerprint density at radius 3 is 2.70 bits per heavy atom. The van der Waals surface area contributed by atoms with Gasteiger partial charge < -0.3 is 10.1 Å². The minimum absolute atomic E-state index is 0.0117. The number of nitrogens with one attached hydrogen (secondary N) is 1. The Morgan fingerprint density at radius 2 is 2.10 bits per heavy atom. The van der Waals surface area contributed by atoms with Crippen LogP contribution in [0, 0.1) is 0 Å². The third-order valence-electron chi connectivity index (χ3n) is 2.87.